The predicted octanol–water partition coefficient (Wildman–Crippen LogP) is 2.43. The van der Waals surface area contributed by atoms with Crippen LogP contribution in [0.15, 0.2) is 12.1 Å². The first-order valence-corrected chi connectivity index (χ1v) is 5.43. The quantitative estimate of drug-likeness (QED) is 0.830. The summed E-state index contributed by atoms with van der Waals surface area (Å²) in [5, 5.41) is 11.9. The van der Waals surface area contributed by atoms with Crippen LogP contribution in [0.25, 0.3) is 0 Å². The van der Waals surface area contributed by atoms with Gasteiger partial charge in [-0.2, -0.15) is 0 Å². The molecule has 0 aliphatic heterocycles. The number of carboxylic acids is 1. The van der Waals surface area contributed by atoms with Crippen LogP contribution in [0.1, 0.15) is 29.9 Å². The first-order valence-electron chi connectivity index (χ1n) is 4.62. The van der Waals surface area contributed by atoms with Crippen LogP contribution in [-0.4, -0.2) is 17.0 Å². The molecule has 1 aromatic heterocycles. The summed E-state index contributed by atoms with van der Waals surface area (Å²) in [5.74, 6) is -0.753. The second-order valence-electron chi connectivity index (χ2n) is 3.62. The lowest BCUT2D eigenvalue weighted by atomic mass is 10.1. The molecule has 1 aromatic rings. The molecule has 0 aliphatic carbocycles. The van der Waals surface area contributed by atoms with E-state index >= 15 is 0 Å². The van der Waals surface area contributed by atoms with Gasteiger partial charge in [-0.25, -0.2) is 4.79 Å². The van der Waals surface area contributed by atoms with E-state index < -0.39 is 5.97 Å². The Hall–Kier alpha value is -1.36. The van der Waals surface area contributed by atoms with Gasteiger partial charge in [0.2, 0.25) is 5.91 Å². The van der Waals surface area contributed by atoms with Crippen molar-refractivity contribution in [2.75, 3.05) is 5.32 Å². The highest BCUT2D eigenvalue weighted by Crippen LogP contribution is 2.22. The molecule has 15 heavy (non-hydrogen) atoms. The third kappa shape index (κ3) is 3.71. The van der Waals surface area contributed by atoms with Crippen LogP contribution >= 0.6 is 11.3 Å². The summed E-state index contributed by atoms with van der Waals surface area (Å²) in [7, 11) is 0. The summed E-state index contributed by atoms with van der Waals surface area (Å²) >= 11 is 1.06. The monoisotopic (exact) mass is 227 g/mol. The van der Waals surface area contributed by atoms with E-state index in [1.807, 2.05) is 13.8 Å². The van der Waals surface area contributed by atoms with Crippen LogP contribution in [0, 0.1) is 5.92 Å². The summed E-state index contributed by atoms with van der Waals surface area (Å²) in [4.78, 5) is 22.2. The van der Waals surface area contributed by atoms with Crippen LogP contribution in [-0.2, 0) is 4.79 Å². The number of carbonyl (C=O) groups is 2. The SMILES string of the molecule is CC(C)CC(=O)Nc1ccc(C(=O)O)s1. The fourth-order valence-electron chi connectivity index (χ4n) is 1.08. The molecule has 5 heteroatoms. The van der Waals surface area contributed by atoms with Gasteiger partial charge in [0.1, 0.15) is 4.88 Å². The lowest BCUT2D eigenvalue weighted by Gasteiger charge is -2.04. The molecule has 0 radical (unpaired) electrons. The first-order chi connectivity index (χ1) is 6.99. The van der Waals surface area contributed by atoms with Gasteiger partial charge in [-0.15, -0.1) is 11.3 Å². The molecule has 0 aromatic carbocycles. The minimum absolute atomic E-state index is 0.0798. The average Bonchev–Trinajstić information content (AvgIpc) is 2.50. The Labute approximate surface area is 91.9 Å². The molecule has 1 heterocycles. The number of aromatic carboxylic acids is 1. The van der Waals surface area contributed by atoms with E-state index in [0.29, 0.717) is 17.3 Å². The van der Waals surface area contributed by atoms with Crippen molar-refractivity contribution in [2.24, 2.45) is 5.92 Å². The molecular weight excluding hydrogens is 214 g/mol. The van der Waals surface area contributed by atoms with E-state index in [-0.39, 0.29) is 10.8 Å². The van der Waals surface area contributed by atoms with Gasteiger partial charge in [-0.3, -0.25) is 4.79 Å². The molecule has 0 aliphatic rings. The summed E-state index contributed by atoms with van der Waals surface area (Å²) in [6, 6.07) is 3.09. The van der Waals surface area contributed by atoms with Crippen molar-refractivity contribution in [1.29, 1.82) is 0 Å². The Bertz CT molecular complexity index is 370. The van der Waals surface area contributed by atoms with Gasteiger partial charge in [0.25, 0.3) is 0 Å². The van der Waals surface area contributed by atoms with Crippen molar-refractivity contribution in [1.82, 2.24) is 0 Å². The molecule has 0 spiro atoms. The number of amides is 1. The number of thiophene rings is 1. The number of carboxylic acid groups (broad SMARTS) is 1. The topological polar surface area (TPSA) is 66.4 Å². The number of anilines is 1. The molecule has 4 nitrogen and oxygen atoms in total. The van der Waals surface area contributed by atoms with Gasteiger partial charge in [0.05, 0.1) is 5.00 Å². The minimum Gasteiger partial charge on any atom is -0.477 e. The molecule has 1 rings (SSSR count). The Morgan fingerprint density at radius 3 is 2.60 bits per heavy atom. The molecule has 0 bridgehead atoms. The highest BCUT2D eigenvalue weighted by atomic mass is 32.1. The van der Waals surface area contributed by atoms with E-state index in [1.54, 1.807) is 6.07 Å². The van der Waals surface area contributed by atoms with Crippen molar-refractivity contribution in [3.8, 4) is 0 Å². The van der Waals surface area contributed by atoms with Crippen molar-refractivity contribution in [3.05, 3.63) is 17.0 Å². The van der Waals surface area contributed by atoms with Crippen LogP contribution in [0.5, 0.6) is 0 Å². The van der Waals surface area contributed by atoms with Crippen LogP contribution in [0.4, 0.5) is 5.00 Å². The van der Waals surface area contributed by atoms with Gasteiger partial charge < -0.3 is 10.4 Å². The highest BCUT2D eigenvalue weighted by molar-refractivity contribution is 7.18. The molecule has 82 valence electrons. The molecule has 0 saturated carbocycles. The minimum atomic E-state index is -0.968. The van der Waals surface area contributed by atoms with Crippen LogP contribution in [0.3, 0.4) is 0 Å². The number of hydrogen-bond donors (Lipinski definition) is 2. The van der Waals surface area contributed by atoms with Gasteiger partial charge in [0, 0.05) is 6.42 Å². The van der Waals surface area contributed by atoms with Gasteiger partial charge >= 0.3 is 5.97 Å². The number of rotatable bonds is 4. The predicted molar refractivity (Wildman–Crippen MR) is 59.4 cm³/mol. The van der Waals surface area contributed by atoms with Gasteiger partial charge in [-0.1, -0.05) is 13.8 Å². The van der Waals surface area contributed by atoms with Crippen molar-refractivity contribution < 1.29 is 14.7 Å². The van der Waals surface area contributed by atoms with Crippen molar-refractivity contribution in [3.63, 3.8) is 0 Å². The Kier molecular flexibility index (Phi) is 3.85. The van der Waals surface area contributed by atoms with Gasteiger partial charge in [-0.05, 0) is 18.1 Å². The molecule has 0 saturated heterocycles. The Morgan fingerprint density at radius 1 is 1.47 bits per heavy atom. The summed E-state index contributed by atoms with van der Waals surface area (Å²) in [6.45, 7) is 3.91. The first kappa shape index (κ1) is 11.7. The van der Waals surface area contributed by atoms with E-state index in [2.05, 4.69) is 5.32 Å². The van der Waals surface area contributed by atoms with Crippen LogP contribution < -0.4 is 5.32 Å². The highest BCUT2D eigenvalue weighted by Gasteiger charge is 2.09. The Morgan fingerprint density at radius 2 is 2.13 bits per heavy atom. The zero-order chi connectivity index (χ0) is 11.4. The van der Waals surface area contributed by atoms with E-state index in [0.717, 1.165) is 11.3 Å². The molecule has 2 N–H and O–H groups in total. The lowest BCUT2D eigenvalue weighted by Crippen LogP contribution is -2.12. The smallest absolute Gasteiger partial charge is 0.345 e. The second-order valence-corrected chi connectivity index (χ2v) is 4.70. The molecule has 1 amide bonds. The fourth-order valence-corrected chi connectivity index (χ4v) is 1.84. The third-order valence-corrected chi connectivity index (χ3v) is 2.66. The molecular formula is C10H13NO3S. The zero-order valence-electron chi connectivity index (χ0n) is 8.61. The van der Waals surface area contributed by atoms with Crippen molar-refractivity contribution >= 4 is 28.2 Å². The van der Waals surface area contributed by atoms with E-state index in [9.17, 15) is 9.59 Å². The van der Waals surface area contributed by atoms with Crippen LogP contribution in [0.2, 0.25) is 0 Å². The lowest BCUT2D eigenvalue weighted by molar-refractivity contribution is -0.116. The standard InChI is InChI=1S/C10H13NO3S/c1-6(2)5-8(12)11-9-4-3-7(15-9)10(13)14/h3-4,6H,5H2,1-2H3,(H,11,12)(H,13,14). The largest absolute Gasteiger partial charge is 0.477 e. The van der Waals surface area contributed by atoms with Crippen molar-refractivity contribution in [2.45, 2.75) is 20.3 Å². The number of nitrogens with one attached hydrogen (secondary N) is 1. The molecule has 0 unspecified atom stereocenters. The normalized spacial score (nSPS) is 10.3. The van der Waals surface area contributed by atoms with Gasteiger partial charge in [0.15, 0.2) is 0 Å². The van der Waals surface area contributed by atoms with E-state index in [1.165, 1.54) is 6.07 Å². The van der Waals surface area contributed by atoms with E-state index in [4.69, 9.17) is 5.11 Å². The summed E-state index contributed by atoms with van der Waals surface area (Å²) < 4.78 is 0. The molecule has 0 atom stereocenters. The fraction of sp³-hybridized carbons (Fsp3) is 0.400. The number of carbonyl (C=O) groups excluding carboxylic acids is 1. The summed E-state index contributed by atoms with van der Waals surface area (Å²) in [6.07, 6.45) is 0.445. The maximum Gasteiger partial charge on any atom is 0.345 e. The maximum absolute atomic E-state index is 11.4. The summed E-state index contributed by atoms with van der Waals surface area (Å²) in [5.41, 5.74) is 0. The zero-order valence-corrected chi connectivity index (χ0v) is 9.43. The Balaban J connectivity index is 2.57. The molecule has 0 fully saturated rings. The third-order valence-electron chi connectivity index (χ3n) is 1.67. The second kappa shape index (κ2) is 4.93. The number of hydrogen-bond acceptors (Lipinski definition) is 3. The maximum atomic E-state index is 11.4. The average molecular weight is 227 g/mol.